The van der Waals surface area contributed by atoms with Gasteiger partial charge in [-0.25, -0.2) is 0 Å². The second-order valence-corrected chi connectivity index (χ2v) is 4.81. The fourth-order valence-electron chi connectivity index (χ4n) is 2.30. The summed E-state index contributed by atoms with van der Waals surface area (Å²) >= 11 is 0. The van der Waals surface area contributed by atoms with Gasteiger partial charge < -0.3 is 15.2 Å². The van der Waals surface area contributed by atoms with Crippen LogP contribution in [-0.2, 0) is 20.7 Å². The number of carboxylic acids is 1. The third-order valence-electron chi connectivity index (χ3n) is 3.53. The number of carboxylic acid groups (broad SMARTS) is 1. The molecule has 2 N–H and O–H groups in total. The van der Waals surface area contributed by atoms with Gasteiger partial charge in [0.1, 0.15) is 0 Å². The van der Waals surface area contributed by atoms with Crippen LogP contribution in [0.5, 0.6) is 0 Å². The van der Waals surface area contributed by atoms with Crippen molar-refractivity contribution in [2.24, 2.45) is 5.41 Å². The van der Waals surface area contributed by atoms with Crippen molar-refractivity contribution >= 4 is 23.3 Å². The molecule has 0 aliphatic carbocycles. The zero-order valence-electron chi connectivity index (χ0n) is 9.93. The van der Waals surface area contributed by atoms with Gasteiger partial charge >= 0.3 is 5.97 Å². The number of amides is 1. The second kappa shape index (κ2) is 3.89. The molecule has 0 atom stereocenters. The lowest BCUT2D eigenvalue weighted by Gasteiger charge is -2.35. The van der Waals surface area contributed by atoms with Crippen LogP contribution in [0.25, 0.3) is 0 Å². The van der Waals surface area contributed by atoms with Crippen molar-refractivity contribution in [3.05, 3.63) is 29.3 Å². The Morgan fingerprint density at radius 1 is 1.32 bits per heavy atom. The average molecular weight is 261 g/mol. The van der Waals surface area contributed by atoms with E-state index in [9.17, 15) is 19.5 Å². The van der Waals surface area contributed by atoms with Crippen LogP contribution in [0.1, 0.15) is 15.9 Å². The lowest BCUT2D eigenvalue weighted by atomic mass is 9.78. The first-order valence-corrected chi connectivity index (χ1v) is 5.82. The molecule has 6 heteroatoms. The maximum atomic E-state index is 12.3. The number of anilines is 1. The minimum absolute atomic E-state index is 0.102. The molecule has 0 aromatic heterocycles. The Balaban J connectivity index is 1.95. The molecule has 2 aliphatic rings. The fraction of sp³-hybridized carbons (Fsp3) is 0.308. The summed E-state index contributed by atoms with van der Waals surface area (Å²) in [6.45, 7) is -0.204. The van der Waals surface area contributed by atoms with E-state index in [0.717, 1.165) is 5.56 Å². The molecule has 2 heterocycles. The monoisotopic (exact) mass is 261 g/mol. The molecule has 3 rings (SSSR count). The molecule has 0 saturated carbocycles. The summed E-state index contributed by atoms with van der Waals surface area (Å²) in [5.74, 6) is -1.76. The molecule has 6 nitrogen and oxygen atoms in total. The Hall–Kier alpha value is -2.21. The number of carbonyl (C=O) groups is 3. The van der Waals surface area contributed by atoms with Gasteiger partial charge in [0.15, 0.2) is 11.2 Å². The number of carbonyl (C=O) groups excluding carboxylic acids is 2. The number of rotatable bonds is 3. The SMILES string of the molecule is O=C1Cc2cc(C(=O)C3(C(=O)O)COC3)ccc2N1. The molecule has 0 spiro atoms. The average Bonchev–Trinajstić information content (AvgIpc) is 2.65. The number of fused-ring (bicyclic) bond motifs is 1. The standard InChI is InChI=1S/C13H11NO5/c15-10-4-8-3-7(1-2-9(8)14-10)11(16)13(12(17)18)5-19-6-13/h1-3H,4-6H2,(H,14,15)(H,17,18). The molecule has 0 unspecified atom stereocenters. The third-order valence-corrected chi connectivity index (χ3v) is 3.53. The highest BCUT2D eigenvalue weighted by atomic mass is 16.5. The normalized spacial score (nSPS) is 19.3. The molecule has 98 valence electrons. The number of aliphatic carboxylic acids is 1. The van der Waals surface area contributed by atoms with E-state index < -0.39 is 17.2 Å². The molecule has 0 bridgehead atoms. The minimum atomic E-state index is -1.47. The molecular formula is C13H11NO5. The van der Waals surface area contributed by atoms with E-state index in [-0.39, 0.29) is 25.5 Å². The van der Waals surface area contributed by atoms with Gasteiger partial charge in [-0.15, -0.1) is 0 Å². The molecule has 1 aromatic carbocycles. The quantitative estimate of drug-likeness (QED) is 0.609. The first-order valence-electron chi connectivity index (χ1n) is 5.82. The zero-order chi connectivity index (χ0) is 13.6. The van der Waals surface area contributed by atoms with E-state index in [2.05, 4.69) is 5.32 Å². The van der Waals surface area contributed by atoms with Crippen molar-refractivity contribution < 1.29 is 24.2 Å². The first kappa shape index (κ1) is 11.9. The Bertz CT molecular complexity index is 603. The number of benzene rings is 1. The minimum Gasteiger partial charge on any atom is -0.480 e. The Morgan fingerprint density at radius 2 is 2.05 bits per heavy atom. The van der Waals surface area contributed by atoms with Crippen LogP contribution in [0.15, 0.2) is 18.2 Å². The van der Waals surface area contributed by atoms with Crippen LogP contribution >= 0.6 is 0 Å². The molecule has 19 heavy (non-hydrogen) atoms. The van der Waals surface area contributed by atoms with Crippen LogP contribution < -0.4 is 5.32 Å². The van der Waals surface area contributed by atoms with Gasteiger partial charge in [-0.2, -0.15) is 0 Å². The lowest BCUT2D eigenvalue weighted by molar-refractivity contribution is -0.169. The Morgan fingerprint density at radius 3 is 2.63 bits per heavy atom. The molecule has 1 aromatic rings. The third kappa shape index (κ3) is 1.64. The van der Waals surface area contributed by atoms with Crippen LogP contribution in [0.2, 0.25) is 0 Å². The predicted octanol–water partition coefficient (Wildman–Crippen LogP) is 0.465. The fourth-order valence-corrected chi connectivity index (χ4v) is 2.30. The van der Waals surface area contributed by atoms with Gasteiger partial charge in [0.2, 0.25) is 5.91 Å². The molecule has 1 fully saturated rings. The maximum absolute atomic E-state index is 12.3. The molecular weight excluding hydrogens is 250 g/mol. The van der Waals surface area contributed by atoms with Crippen LogP contribution in [-0.4, -0.2) is 36.0 Å². The van der Waals surface area contributed by atoms with Crippen LogP contribution in [0, 0.1) is 5.41 Å². The first-order chi connectivity index (χ1) is 9.03. The topological polar surface area (TPSA) is 92.7 Å². The number of ketones is 1. The molecule has 0 radical (unpaired) electrons. The lowest BCUT2D eigenvalue weighted by Crippen LogP contribution is -2.54. The highest BCUT2D eigenvalue weighted by Crippen LogP contribution is 2.34. The molecule has 1 saturated heterocycles. The Kier molecular flexibility index (Phi) is 2.43. The summed E-state index contributed by atoms with van der Waals surface area (Å²) in [4.78, 5) is 34.8. The van der Waals surface area contributed by atoms with Crippen LogP contribution in [0.4, 0.5) is 5.69 Å². The van der Waals surface area contributed by atoms with Gasteiger partial charge in [0, 0.05) is 11.3 Å². The number of nitrogens with one attached hydrogen (secondary N) is 1. The van der Waals surface area contributed by atoms with Crippen molar-refractivity contribution in [2.75, 3.05) is 18.5 Å². The Labute approximate surface area is 108 Å². The van der Waals surface area contributed by atoms with E-state index in [1.807, 2.05) is 0 Å². The van der Waals surface area contributed by atoms with E-state index in [1.54, 1.807) is 12.1 Å². The predicted molar refractivity (Wildman–Crippen MR) is 64.0 cm³/mol. The number of Topliss-reactive ketones (excluding diaryl/α,β-unsaturated/α-hetero) is 1. The van der Waals surface area contributed by atoms with Gasteiger partial charge in [-0.1, -0.05) is 0 Å². The highest BCUT2D eigenvalue weighted by molar-refractivity contribution is 6.13. The van der Waals surface area contributed by atoms with Gasteiger partial charge in [0.05, 0.1) is 19.6 Å². The number of ether oxygens (including phenoxy) is 1. The van der Waals surface area contributed by atoms with Crippen molar-refractivity contribution in [1.29, 1.82) is 0 Å². The van der Waals surface area contributed by atoms with Crippen LogP contribution in [0.3, 0.4) is 0 Å². The van der Waals surface area contributed by atoms with Gasteiger partial charge in [0.25, 0.3) is 0 Å². The number of hydrogen-bond donors (Lipinski definition) is 2. The summed E-state index contributed by atoms with van der Waals surface area (Å²) < 4.78 is 4.88. The van der Waals surface area contributed by atoms with Crippen molar-refractivity contribution in [1.82, 2.24) is 0 Å². The smallest absolute Gasteiger partial charge is 0.322 e. The summed E-state index contributed by atoms with van der Waals surface area (Å²) in [6, 6.07) is 4.75. The van der Waals surface area contributed by atoms with E-state index in [4.69, 9.17) is 4.74 Å². The second-order valence-electron chi connectivity index (χ2n) is 4.81. The highest BCUT2D eigenvalue weighted by Gasteiger charge is 2.53. The van der Waals surface area contributed by atoms with E-state index >= 15 is 0 Å². The largest absolute Gasteiger partial charge is 0.480 e. The van der Waals surface area contributed by atoms with Crippen molar-refractivity contribution in [2.45, 2.75) is 6.42 Å². The van der Waals surface area contributed by atoms with Crippen molar-refractivity contribution in [3.63, 3.8) is 0 Å². The van der Waals surface area contributed by atoms with E-state index in [1.165, 1.54) is 6.07 Å². The van der Waals surface area contributed by atoms with Gasteiger partial charge in [-0.05, 0) is 23.8 Å². The maximum Gasteiger partial charge on any atom is 0.322 e. The summed E-state index contributed by atoms with van der Waals surface area (Å²) in [5, 5.41) is 11.8. The summed E-state index contributed by atoms with van der Waals surface area (Å²) in [6.07, 6.45) is 0.215. The number of hydrogen-bond acceptors (Lipinski definition) is 4. The van der Waals surface area contributed by atoms with Crippen molar-refractivity contribution in [3.8, 4) is 0 Å². The molecule has 1 amide bonds. The summed E-state index contributed by atoms with van der Waals surface area (Å²) in [5.41, 5.74) is 0.234. The van der Waals surface area contributed by atoms with Gasteiger partial charge in [-0.3, -0.25) is 14.4 Å². The van der Waals surface area contributed by atoms with E-state index in [0.29, 0.717) is 11.3 Å². The summed E-state index contributed by atoms with van der Waals surface area (Å²) in [7, 11) is 0. The molecule has 2 aliphatic heterocycles. The zero-order valence-corrected chi connectivity index (χ0v) is 9.93.